The predicted octanol–water partition coefficient (Wildman–Crippen LogP) is 2.83. The van der Waals surface area contributed by atoms with E-state index in [2.05, 4.69) is 33.0 Å². The summed E-state index contributed by atoms with van der Waals surface area (Å²) in [6, 6.07) is 0.695. The minimum Gasteiger partial charge on any atom is -0.378 e. The normalized spacial score (nSPS) is 29.4. The van der Waals surface area contributed by atoms with Crippen LogP contribution in [-0.2, 0) is 4.74 Å². The Hall–Kier alpha value is -0.0800. The van der Waals surface area contributed by atoms with Crippen molar-refractivity contribution in [2.45, 2.75) is 59.1 Å². The third-order valence-corrected chi connectivity index (χ3v) is 3.57. The molecule has 1 rings (SSSR count). The van der Waals surface area contributed by atoms with E-state index in [4.69, 9.17) is 4.74 Å². The fraction of sp³-hybridized carbons (Fsp3) is 1.00. The maximum absolute atomic E-state index is 5.81. The molecule has 1 aliphatic heterocycles. The van der Waals surface area contributed by atoms with Crippen molar-refractivity contribution in [2.24, 2.45) is 11.8 Å². The SMILES string of the molecule is CCNC(CC)C1CCOC(C(C)C)C1. The van der Waals surface area contributed by atoms with Crippen molar-refractivity contribution in [1.82, 2.24) is 5.32 Å². The van der Waals surface area contributed by atoms with E-state index in [0.717, 1.165) is 19.1 Å². The molecule has 2 heteroatoms. The van der Waals surface area contributed by atoms with Gasteiger partial charge in [-0.2, -0.15) is 0 Å². The number of rotatable bonds is 5. The smallest absolute Gasteiger partial charge is 0.0601 e. The second kappa shape index (κ2) is 6.49. The lowest BCUT2D eigenvalue weighted by atomic mass is 9.84. The van der Waals surface area contributed by atoms with Gasteiger partial charge in [0, 0.05) is 12.6 Å². The maximum atomic E-state index is 5.81. The maximum Gasteiger partial charge on any atom is 0.0601 e. The van der Waals surface area contributed by atoms with Gasteiger partial charge < -0.3 is 10.1 Å². The highest BCUT2D eigenvalue weighted by molar-refractivity contribution is 4.82. The van der Waals surface area contributed by atoms with Gasteiger partial charge in [0.25, 0.3) is 0 Å². The minimum absolute atomic E-state index is 0.483. The zero-order valence-corrected chi connectivity index (χ0v) is 10.8. The highest BCUT2D eigenvalue weighted by atomic mass is 16.5. The standard InChI is InChI=1S/C13H27NO/c1-5-12(14-6-2)11-7-8-15-13(9-11)10(3)4/h10-14H,5-9H2,1-4H3. The lowest BCUT2D eigenvalue weighted by molar-refractivity contribution is -0.0411. The van der Waals surface area contributed by atoms with E-state index in [9.17, 15) is 0 Å². The van der Waals surface area contributed by atoms with Gasteiger partial charge in [0.15, 0.2) is 0 Å². The van der Waals surface area contributed by atoms with Crippen molar-refractivity contribution >= 4 is 0 Å². The minimum atomic E-state index is 0.483. The summed E-state index contributed by atoms with van der Waals surface area (Å²) < 4.78 is 5.81. The van der Waals surface area contributed by atoms with Gasteiger partial charge in [0.1, 0.15) is 0 Å². The Kier molecular flexibility index (Phi) is 5.62. The van der Waals surface area contributed by atoms with Crippen LogP contribution in [0.3, 0.4) is 0 Å². The van der Waals surface area contributed by atoms with E-state index in [1.165, 1.54) is 19.3 Å². The number of hydrogen-bond donors (Lipinski definition) is 1. The summed E-state index contributed by atoms with van der Waals surface area (Å²) in [5.74, 6) is 1.48. The Balaban J connectivity index is 2.46. The summed E-state index contributed by atoms with van der Waals surface area (Å²) in [6.07, 6.45) is 4.19. The van der Waals surface area contributed by atoms with Crippen LogP contribution >= 0.6 is 0 Å². The van der Waals surface area contributed by atoms with Crippen LogP contribution in [0.1, 0.15) is 47.0 Å². The zero-order chi connectivity index (χ0) is 11.3. The zero-order valence-electron chi connectivity index (χ0n) is 10.8. The molecule has 3 unspecified atom stereocenters. The third-order valence-electron chi connectivity index (χ3n) is 3.57. The van der Waals surface area contributed by atoms with E-state index in [0.29, 0.717) is 18.1 Å². The van der Waals surface area contributed by atoms with Gasteiger partial charge >= 0.3 is 0 Å². The summed E-state index contributed by atoms with van der Waals surface area (Å²) in [5, 5.41) is 3.61. The molecule has 1 aliphatic rings. The molecule has 1 heterocycles. The molecule has 15 heavy (non-hydrogen) atoms. The molecule has 1 fully saturated rings. The molecular weight excluding hydrogens is 186 g/mol. The number of hydrogen-bond acceptors (Lipinski definition) is 2. The summed E-state index contributed by atoms with van der Waals surface area (Å²) in [7, 11) is 0. The van der Waals surface area contributed by atoms with Gasteiger partial charge in [-0.15, -0.1) is 0 Å². The number of ether oxygens (including phenoxy) is 1. The molecule has 0 aromatic carbocycles. The Bertz CT molecular complexity index is 170. The second-order valence-electron chi connectivity index (χ2n) is 5.01. The molecule has 0 spiro atoms. The van der Waals surface area contributed by atoms with E-state index in [1.54, 1.807) is 0 Å². The van der Waals surface area contributed by atoms with E-state index < -0.39 is 0 Å². The average Bonchev–Trinajstić information content (AvgIpc) is 2.26. The van der Waals surface area contributed by atoms with Crippen LogP contribution < -0.4 is 5.32 Å². The Morgan fingerprint density at radius 1 is 1.33 bits per heavy atom. The molecule has 0 aliphatic carbocycles. The van der Waals surface area contributed by atoms with Crippen molar-refractivity contribution in [2.75, 3.05) is 13.2 Å². The molecular formula is C13H27NO. The summed E-state index contributed by atoms with van der Waals surface area (Å²) in [6.45, 7) is 11.1. The van der Waals surface area contributed by atoms with Crippen LogP contribution in [0.4, 0.5) is 0 Å². The fourth-order valence-corrected chi connectivity index (χ4v) is 2.59. The second-order valence-corrected chi connectivity index (χ2v) is 5.01. The molecule has 90 valence electrons. The first-order chi connectivity index (χ1) is 7.19. The van der Waals surface area contributed by atoms with Crippen LogP contribution in [0.5, 0.6) is 0 Å². The van der Waals surface area contributed by atoms with Crippen molar-refractivity contribution in [3.8, 4) is 0 Å². The Labute approximate surface area is 94.8 Å². The lowest BCUT2D eigenvalue weighted by Crippen LogP contribution is -2.41. The highest BCUT2D eigenvalue weighted by Crippen LogP contribution is 2.28. The Morgan fingerprint density at radius 3 is 2.60 bits per heavy atom. The van der Waals surface area contributed by atoms with Crippen LogP contribution in [0.15, 0.2) is 0 Å². The van der Waals surface area contributed by atoms with Crippen molar-refractivity contribution in [3.05, 3.63) is 0 Å². The fourth-order valence-electron chi connectivity index (χ4n) is 2.59. The lowest BCUT2D eigenvalue weighted by Gasteiger charge is -2.36. The van der Waals surface area contributed by atoms with Crippen molar-refractivity contribution in [3.63, 3.8) is 0 Å². The van der Waals surface area contributed by atoms with Gasteiger partial charge in [0.2, 0.25) is 0 Å². The van der Waals surface area contributed by atoms with Gasteiger partial charge in [-0.1, -0.05) is 27.7 Å². The van der Waals surface area contributed by atoms with Gasteiger partial charge in [-0.3, -0.25) is 0 Å². The molecule has 2 nitrogen and oxygen atoms in total. The molecule has 0 radical (unpaired) electrons. The first-order valence-corrected chi connectivity index (χ1v) is 6.54. The molecule has 0 aromatic rings. The predicted molar refractivity (Wildman–Crippen MR) is 65.1 cm³/mol. The molecule has 3 atom stereocenters. The summed E-state index contributed by atoms with van der Waals surface area (Å²) >= 11 is 0. The topological polar surface area (TPSA) is 21.3 Å². The molecule has 0 saturated carbocycles. The van der Waals surface area contributed by atoms with Crippen LogP contribution in [0, 0.1) is 11.8 Å². The molecule has 0 bridgehead atoms. The summed E-state index contributed by atoms with van der Waals surface area (Å²) in [5.41, 5.74) is 0. The van der Waals surface area contributed by atoms with Crippen molar-refractivity contribution in [1.29, 1.82) is 0 Å². The van der Waals surface area contributed by atoms with Gasteiger partial charge in [0.05, 0.1) is 6.10 Å². The summed E-state index contributed by atoms with van der Waals surface area (Å²) in [4.78, 5) is 0. The van der Waals surface area contributed by atoms with Gasteiger partial charge in [-0.25, -0.2) is 0 Å². The Morgan fingerprint density at radius 2 is 2.07 bits per heavy atom. The van der Waals surface area contributed by atoms with Gasteiger partial charge in [-0.05, 0) is 37.6 Å². The largest absolute Gasteiger partial charge is 0.378 e. The van der Waals surface area contributed by atoms with Crippen LogP contribution in [0.2, 0.25) is 0 Å². The van der Waals surface area contributed by atoms with Crippen LogP contribution in [-0.4, -0.2) is 25.3 Å². The molecule has 1 N–H and O–H groups in total. The quantitative estimate of drug-likeness (QED) is 0.758. The number of nitrogens with one attached hydrogen (secondary N) is 1. The first kappa shape index (κ1) is 13.0. The molecule has 1 saturated heterocycles. The molecule has 0 amide bonds. The molecule has 0 aromatic heterocycles. The van der Waals surface area contributed by atoms with E-state index in [1.807, 2.05) is 0 Å². The monoisotopic (exact) mass is 213 g/mol. The first-order valence-electron chi connectivity index (χ1n) is 6.54. The van der Waals surface area contributed by atoms with E-state index in [-0.39, 0.29) is 0 Å². The highest BCUT2D eigenvalue weighted by Gasteiger charge is 2.29. The third kappa shape index (κ3) is 3.76. The average molecular weight is 213 g/mol. The van der Waals surface area contributed by atoms with Crippen molar-refractivity contribution < 1.29 is 4.74 Å². The van der Waals surface area contributed by atoms with E-state index >= 15 is 0 Å². The van der Waals surface area contributed by atoms with Crippen LogP contribution in [0.25, 0.3) is 0 Å².